The second kappa shape index (κ2) is 51.7. The minimum atomic E-state index is -1.55. The van der Waals surface area contributed by atoms with Gasteiger partial charge in [-0.25, -0.2) is 0 Å². The summed E-state index contributed by atoms with van der Waals surface area (Å²) < 4.78 is 11.2. The van der Waals surface area contributed by atoms with Gasteiger partial charge in [0.15, 0.2) is 6.29 Å². The molecule has 1 fully saturated rings. The average Bonchev–Trinajstić information content (AvgIpc) is 3.36. The number of ether oxygens (including phenoxy) is 2. The molecule has 1 saturated heterocycles. The van der Waals surface area contributed by atoms with E-state index in [1.807, 2.05) is 0 Å². The molecule has 0 radical (unpaired) electrons. The predicted octanol–water partition coefficient (Wildman–Crippen LogP) is 15.8. The molecule has 418 valence electrons. The molecule has 1 amide bonds. The largest absolute Gasteiger partial charge is 0.394 e. The number of aliphatic hydroxyl groups is 5. The van der Waals surface area contributed by atoms with E-state index in [9.17, 15) is 30.3 Å². The fourth-order valence-corrected chi connectivity index (χ4v) is 10.5. The first-order chi connectivity index (χ1) is 34.3. The molecule has 6 N–H and O–H groups in total. The molecule has 0 saturated carbocycles. The minimum absolute atomic E-state index is 0.133. The fraction of sp³-hybridized carbons (Fsp3) is 0.984. The second-order valence-corrected chi connectivity index (χ2v) is 22.2. The van der Waals surface area contributed by atoms with Gasteiger partial charge in [-0.3, -0.25) is 4.79 Å². The van der Waals surface area contributed by atoms with Crippen molar-refractivity contribution in [1.29, 1.82) is 0 Å². The Balaban J connectivity index is 1.91. The highest BCUT2D eigenvalue weighted by molar-refractivity contribution is 5.76. The van der Waals surface area contributed by atoms with Crippen molar-refractivity contribution in [1.82, 2.24) is 5.32 Å². The smallest absolute Gasteiger partial charge is 0.220 e. The predicted molar refractivity (Wildman–Crippen MR) is 295 cm³/mol. The molecule has 1 heterocycles. The summed E-state index contributed by atoms with van der Waals surface area (Å²) in [6, 6.07) is -0.711. The van der Waals surface area contributed by atoms with Gasteiger partial charge in [0.05, 0.1) is 25.4 Å². The molecule has 1 rings (SSSR count). The zero-order valence-corrected chi connectivity index (χ0v) is 46.6. The van der Waals surface area contributed by atoms with Gasteiger partial charge in [-0.15, -0.1) is 0 Å². The lowest BCUT2D eigenvalue weighted by molar-refractivity contribution is -0.302. The lowest BCUT2D eigenvalue weighted by atomic mass is 9.99. The van der Waals surface area contributed by atoms with Crippen LogP contribution in [0.5, 0.6) is 0 Å². The van der Waals surface area contributed by atoms with Gasteiger partial charge in [0.2, 0.25) is 5.91 Å². The third-order valence-electron chi connectivity index (χ3n) is 15.5. The highest BCUT2D eigenvalue weighted by atomic mass is 16.7. The second-order valence-electron chi connectivity index (χ2n) is 22.2. The number of unbranched alkanes of at least 4 members (excludes halogenated alkanes) is 45. The Kier molecular flexibility index (Phi) is 49.6. The van der Waals surface area contributed by atoms with Gasteiger partial charge < -0.3 is 40.3 Å². The van der Waals surface area contributed by atoms with Gasteiger partial charge in [0, 0.05) is 6.42 Å². The van der Waals surface area contributed by atoms with Gasteiger partial charge in [-0.2, -0.15) is 0 Å². The quantitative estimate of drug-likeness (QED) is 0.0330. The van der Waals surface area contributed by atoms with E-state index in [0.717, 1.165) is 38.5 Å². The zero-order valence-electron chi connectivity index (χ0n) is 46.6. The first-order valence-electron chi connectivity index (χ1n) is 31.2. The molecule has 1 aliphatic heterocycles. The number of nitrogens with one attached hydrogen (secondary N) is 1. The number of rotatable bonds is 55. The van der Waals surface area contributed by atoms with Crippen LogP contribution in [0.1, 0.15) is 328 Å². The van der Waals surface area contributed by atoms with Crippen molar-refractivity contribution in [3.8, 4) is 0 Å². The van der Waals surface area contributed by atoms with E-state index in [-0.39, 0.29) is 12.5 Å². The SMILES string of the molecule is CCCCCCCCCCCCCCCCCCCCCCCCCCCCCCCCCCCCCCCCCCC(=O)NC(COC1OC(CO)C(O)C(O)C1O)C(O)CCCCCCCCC. The lowest BCUT2D eigenvalue weighted by Crippen LogP contribution is -2.60. The lowest BCUT2D eigenvalue weighted by Gasteiger charge is -2.40. The van der Waals surface area contributed by atoms with Gasteiger partial charge in [-0.05, 0) is 12.8 Å². The van der Waals surface area contributed by atoms with E-state index >= 15 is 0 Å². The van der Waals surface area contributed by atoms with Crippen molar-refractivity contribution < 1.29 is 39.8 Å². The Hall–Kier alpha value is -0.810. The van der Waals surface area contributed by atoms with Crippen LogP contribution in [0.3, 0.4) is 0 Å². The molecular formula is C61H121NO8. The third-order valence-corrected chi connectivity index (χ3v) is 15.5. The van der Waals surface area contributed by atoms with Gasteiger partial charge >= 0.3 is 0 Å². The van der Waals surface area contributed by atoms with Crippen LogP contribution in [0.15, 0.2) is 0 Å². The van der Waals surface area contributed by atoms with Crippen molar-refractivity contribution in [3.63, 3.8) is 0 Å². The van der Waals surface area contributed by atoms with Crippen LogP contribution < -0.4 is 5.32 Å². The van der Waals surface area contributed by atoms with Crippen molar-refractivity contribution in [2.75, 3.05) is 13.2 Å². The van der Waals surface area contributed by atoms with Crippen LogP contribution >= 0.6 is 0 Å². The van der Waals surface area contributed by atoms with Crippen molar-refractivity contribution in [3.05, 3.63) is 0 Å². The summed E-state index contributed by atoms with van der Waals surface area (Å²) in [6.45, 7) is 3.82. The summed E-state index contributed by atoms with van der Waals surface area (Å²) in [5.41, 5.74) is 0. The standard InChI is InChI=1S/C61H121NO8/c1-3-5-7-9-11-12-13-14-15-16-17-18-19-20-21-22-23-24-25-26-27-28-29-30-31-32-33-34-35-36-37-38-39-40-41-42-43-45-47-49-51-57(65)62-54(55(64)50-48-46-44-10-8-6-4-2)53-69-61-60(68)59(67)58(66)56(52-63)70-61/h54-56,58-61,63-64,66-68H,3-53H2,1-2H3,(H,62,65). The maximum Gasteiger partial charge on any atom is 0.220 e. The minimum Gasteiger partial charge on any atom is -0.394 e. The molecule has 0 bridgehead atoms. The summed E-state index contributed by atoms with van der Waals surface area (Å²) >= 11 is 0. The fourth-order valence-electron chi connectivity index (χ4n) is 10.5. The van der Waals surface area contributed by atoms with Crippen LogP contribution in [-0.4, -0.2) is 87.5 Å². The monoisotopic (exact) mass is 996 g/mol. The maximum atomic E-state index is 13.0. The molecule has 0 aromatic rings. The maximum absolute atomic E-state index is 13.0. The Morgan fingerprint density at radius 3 is 1.01 bits per heavy atom. The molecule has 0 aromatic carbocycles. The Morgan fingerprint density at radius 2 is 0.714 bits per heavy atom. The summed E-state index contributed by atoms with van der Waals surface area (Å²) in [7, 11) is 0. The van der Waals surface area contributed by atoms with E-state index in [1.54, 1.807) is 0 Å². The molecule has 1 aliphatic rings. The molecular weight excluding hydrogens is 875 g/mol. The molecule has 7 unspecified atom stereocenters. The molecule has 9 nitrogen and oxygen atoms in total. The number of hydrogen-bond acceptors (Lipinski definition) is 8. The molecule has 0 spiro atoms. The average molecular weight is 997 g/mol. The number of carbonyl (C=O) groups is 1. The van der Waals surface area contributed by atoms with Crippen LogP contribution in [0.2, 0.25) is 0 Å². The van der Waals surface area contributed by atoms with Crippen molar-refractivity contribution in [2.45, 2.75) is 371 Å². The summed E-state index contributed by atoms with van der Waals surface area (Å²) in [6.07, 6.45) is 56.6. The van der Waals surface area contributed by atoms with Gasteiger partial charge in [-0.1, -0.05) is 309 Å². The topological polar surface area (TPSA) is 149 Å². The van der Waals surface area contributed by atoms with E-state index < -0.39 is 49.5 Å². The molecule has 0 aliphatic carbocycles. The number of hydrogen-bond donors (Lipinski definition) is 6. The van der Waals surface area contributed by atoms with Gasteiger partial charge in [0.1, 0.15) is 24.4 Å². The first kappa shape index (κ1) is 67.2. The summed E-state index contributed by atoms with van der Waals surface area (Å²) in [5, 5.41) is 54.2. The molecule has 70 heavy (non-hydrogen) atoms. The number of amides is 1. The Bertz CT molecular complexity index is 1060. The van der Waals surface area contributed by atoms with Crippen LogP contribution in [0.4, 0.5) is 0 Å². The molecule has 0 aromatic heterocycles. The van der Waals surface area contributed by atoms with E-state index in [1.165, 1.54) is 263 Å². The van der Waals surface area contributed by atoms with Crippen LogP contribution in [0, 0.1) is 0 Å². The van der Waals surface area contributed by atoms with Crippen LogP contribution in [-0.2, 0) is 14.3 Å². The van der Waals surface area contributed by atoms with Crippen molar-refractivity contribution in [2.24, 2.45) is 0 Å². The summed E-state index contributed by atoms with van der Waals surface area (Å²) in [5.74, 6) is -0.141. The molecule has 7 atom stereocenters. The van der Waals surface area contributed by atoms with E-state index in [2.05, 4.69) is 19.2 Å². The highest BCUT2D eigenvalue weighted by Gasteiger charge is 2.44. The Labute approximate surface area is 434 Å². The van der Waals surface area contributed by atoms with Crippen LogP contribution in [0.25, 0.3) is 0 Å². The highest BCUT2D eigenvalue weighted by Crippen LogP contribution is 2.24. The zero-order chi connectivity index (χ0) is 50.8. The van der Waals surface area contributed by atoms with E-state index in [0.29, 0.717) is 12.8 Å². The normalized spacial score (nSPS) is 19.2. The Morgan fingerprint density at radius 1 is 0.429 bits per heavy atom. The number of carbonyl (C=O) groups excluding carboxylic acids is 1. The molecule has 9 heteroatoms. The third kappa shape index (κ3) is 40.6. The van der Waals surface area contributed by atoms with Crippen molar-refractivity contribution >= 4 is 5.91 Å². The van der Waals surface area contributed by atoms with Gasteiger partial charge in [0.25, 0.3) is 0 Å². The first-order valence-corrected chi connectivity index (χ1v) is 31.2. The van der Waals surface area contributed by atoms with E-state index in [4.69, 9.17) is 9.47 Å². The number of aliphatic hydroxyl groups excluding tert-OH is 5. The summed E-state index contributed by atoms with van der Waals surface area (Å²) in [4.78, 5) is 13.0.